The van der Waals surface area contributed by atoms with E-state index in [-0.39, 0.29) is 0 Å². The van der Waals surface area contributed by atoms with Gasteiger partial charge in [0, 0.05) is 5.69 Å². The van der Waals surface area contributed by atoms with Gasteiger partial charge in [-0.25, -0.2) is 0 Å². The van der Waals surface area contributed by atoms with Crippen molar-refractivity contribution in [3.05, 3.63) is 54.0 Å². The normalized spacial score (nSPS) is 10.7. The van der Waals surface area contributed by atoms with Crippen LogP contribution in [0.4, 0.5) is 11.6 Å². The lowest BCUT2D eigenvalue weighted by Gasteiger charge is -2.01. The van der Waals surface area contributed by atoms with Crippen molar-refractivity contribution >= 4 is 23.4 Å². The van der Waals surface area contributed by atoms with Gasteiger partial charge in [0.15, 0.2) is 5.16 Å². The Labute approximate surface area is 120 Å². The van der Waals surface area contributed by atoms with Crippen molar-refractivity contribution in [1.29, 1.82) is 0 Å². The van der Waals surface area contributed by atoms with E-state index in [2.05, 4.69) is 20.5 Å². The fraction of sp³-hybridized carbons (Fsp3) is 0.143. The molecule has 3 rings (SSSR count). The topological polar surface area (TPSA) is 66.7 Å². The van der Waals surface area contributed by atoms with E-state index >= 15 is 0 Å². The second-order valence-electron chi connectivity index (χ2n) is 4.33. The Balaban J connectivity index is 1.62. The zero-order valence-corrected chi connectivity index (χ0v) is 11.8. The first kappa shape index (κ1) is 12.8. The van der Waals surface area contributed by atoms with E-state index in [1.807, 2.05) is 43.3 Å². The molecule has 0 unspecified atom stereocenters. The molecule has 1 aromatic carbocycles. The van der Waals surface area contributed by atoms with Crippen LogP contribution in [0, 0.1) is 6.92 Å². The number of aryl methyl sites for hydroxylation is 1. The molecule has 0 aliphatic rings. The number of anilines is 2. The van der Waals surface area contributed by atoms with Crippen molar-refractivity contribution in [2.75, 3.05) is 5.32 Å². The van der Waals surface area contributed by atoms with Gasteiger partial charge in [0.1, 0.15) is 5.76 Å². The molecule has 2 heterocycles. The number of rotatable bonds is 5. The monoisotopic (exact) mass is 286 g/mol. The Kier molecular flexibility index (Phi) is 3.73. The Morgan fingerprint density at radius 2 is 2.25 bits per heavy atom. The number of furan rings is 1. The van der Waals surface area contributed by atoms with Crippen molar-refractivity contribution in [3.8, 4) is 0 Å². The van der Waals surface area contributed by atoms with Crippen molar-refractivity contribution in [2.24, 2.45) is 0 Å². The van der Waals surface area contributed by atoms with Gasteiger partial charge in [-0.1, -0.05) is 23.9 Å². The highest BCUT2D eigenvalue weighted by Crippen LogP contribution is 2.21. The van der Waals surface area contributed by atoms with Crippen LogP contribution in [-0.2, 0) is 5.75 Å². The van der Waals surface area contributed by atoms with Gasteiger partial charge in [0.05, 0.1) is 12.0 Å². The maximum Gasteiger partial charge on any atom is 0.247 e. The van der Waals surface area contributed by atoms with Crippen LogP contribution in [0.15, 0.2) is 52.2 Å². The minimum Gasteiger partial charge on any atom is -0.468 e. The van der Waals surface area contributed by atoms with Crippen LogP contribution < -0.4 is 5.32 Å². The van der Waals surface area contributed by atoms with Gasteiger partial charge in [-0.3, -0.25) is 5.10 Å². The number of aromatic amines is 1. The van der Waals surface area contributed by atoms with E-state index in [0.717, 1.165) is 22.4 Å². The first-order valence-electron chi connectivity index (χ1n) is 6.21. The molecule has 0 saturated carbocycles. The number of nitrogens with zero attached hydrogens (tertiary/aromatic N) is 2. The van der Waals surface area contributed by atoms with Gasteiger partial charge in [0.25, 0.3) is 0 Å². The van der Waals surface area contributed by atoms with Gasteiger partial charge in [-0.2, -0.15) is 4.98 Å². The summed E-state index contributed by atoms with van der Waals surface area (Å²) in [7, 11) is 0. The van der Waals surface area contributed by atoms with Crippen LogP contribution in [0.5, 0.6) is 0 Å². The molecular weight excluding hydrogens is 272 g/mol. The molecule has 20 heavy (non-hydrogen) atoms. The number of hydrogen-bond donors (Lipinski definition) is 2. The van der Waals surface area contributed by atoms with Gasteiger partial charge in [0.2, 0.25) is 5.95 Å². The average Bonchev–Trinajstić information content (AvgIpc) is 3.07. The Morgan fingerprint density at radius 3 is 3.05 bits per heavy atom. The van der Waals surface area contributed by atoms with Gasteiger partial charge in [-0.05, 0) is 36.8 Å². The quantitative estimate of drug-likeness (QED) is 0.699. The average molecular weight is 286 g/mol. The van der Waals surface area contributed by atoms with Gasteiger partial charge >= 0.3 is 0 Å². The van der Waals surface area contributed by atoms with Crippen molar-refractivity contribution in [3.63, 3.8) is 0 Å². The van der Waals surface area contributed by atoms with Crippen LogP contribution in [0.1, 0.15) is 11.3 Å². The number of hydrogen-bond acceptors (Lipinski definition) is 5. The van der Waals surface area contributed by atoms with Crippen LogP contribution in [0.25, 0.3) is 0 Å². The number of H-pyrrole nitrogens is 1. The van der Waals surface area contributed by atoms with E-state index in [9.17, 15) is 0 Å². The first-order valence-corrected chi connectivity index (χ1v) is 7.19. The highest BCUT2D eigenvalue weighted by atomic mass is 32.2. The molecule has 2 N–H and O–H groups in total. The summed E-state index contributed by atoms with van der Waals surface area (Å²) in [5, 5.41) is 11.0. The van der Waals surface area contributed by atoms with Crippen LogP contribution in [-0.4, -0.2) is 15.2 Å². The van der Waals surface area contributed by atoms with Crippen molar-refractivity contribution < 1.29 is 4.42 Å². The molecule has 0 radical (unpaired) electrons. The standard InChI is InChI=1S/C14H14N4OS/c1-10-4-2-5-11(8-10)15-13-16-14(18-17-13)20-9-12-6-3-7-19-12/h2-8H,9H2,1H3,(H2,15,16,17,18). The zero-order chi connectivity index (χ0) is 13.8. The summed E-state index contributed by atoms with van der Waals surface area (Å²) >= 11 is 1.55. The second kappa shape index (κ2) is 5.83. The lowest BCUT2D eigenvalue weighted by atomic mass is 10.2. The minimum atomic E-state index is 0.567. The smallest absolute Gasteiger partial charge is 0.247 e. The van der Waals surface area contributed by atoms with Gasteiger partial charge in [-0.15, -0.1) is 5.10 Å². The molecule has 0 atom stereocenters. The summed E-state index contributed by atoms with van der Waals surface area (Å²) in [6.45, 7) is 2.05. The fourth-order valence-electron chi connectivity index (χ4n) is 1.75. The Hall–Kier alpha value is -2.21. The van der Waals surface area contributed by atoms with Crippen LogP contribution in [0.2, 0.25) is 0 Å². The van der Waals surface area contributed by atoms with Crippen molar-refractivity contribution in [2.45, 2.75) is 17.8 Å². The predicted octanol–water partition coefficient (Wildman–Crippen LogP) is 3.74. The second-order valence-corrected chi connectivity index (χ2v) is 5.29. The molecule has 0 saturated heterocycles. The summed E-state index contributed by atoms with van der Waals surface area (Å²) in [4.78, 5) is 4.38. The van der Waals surface area contributed by atoms with Crippen molar-refractivity contribution in [1.82, 2.24) is 15.2 Å². The maximum absolute atomic E-state index is 5.27. The molecular formula is C14H14N4OS. The third kappa shape index (κ3) is 3.21. The molecule has 2 aromatic heterocycles. The molecule has 0 bridgehead atoms. The lowest BCUT2D eigenvalue weighted by Crippen LogP contribution is -1.92. The number of benzene rings is 1. The predicted molar refractivity (Wildman–Crippen MR) is 79.1 cm³/mol. The summed E-state index contributed by atoms with van der Waals surface area (Å²) in [6.07, 6.45) is 1.67. The molecule has 0 aliphatic carbocycles. The third-order valence-electron chi connectivity index (χ3n) is 2.67. The summed E-state index contributed by atoms with van der Waals surface area (Å²) in [5.41, 5.74) is 2.17. The SMILES string of the molecule is Cc1cccc(Nc2n[nH]c(SCc3ccco3)n2)c1. The highest BCUT2D eigenvalue weighted by molar-refractivity contribution is 7.98. The minimum absolute atomic E-state index is 0.567. The summed E-state index contributed by atoms with van der Waals surface area (Å²) in [5.74, 6) is 2.21. The number of thioether (sulfide) groups is 1. The summed E-state index contributed by atoms with van der Waals surface area (Å²) in [6, 6.07) is 11.9. The first-order chi connectivity index (χ1) is 9.79. The maximum atomic E-state index is 5.27. The molecule has 0 fully saturated rings. The Morgan fingerprint density at radius 1 is 1.30 bits per heavy atom. The molecule has 0 amide bonds. The molecule has 0 aliphatic heterocycles. The lowest BCUT2D eigenvalue weighted by molar-refractivity contribution is 0.530. The van der Waals surface area contributed by atoms with E-state index in [4.69, 9.17) is 4.42 Å². The molecule has 0 spiro atoms. The Bertz CT molecular complexity index is 678. The fourth-order valence-corrected chi connectivity index (χ4v) is 2.46. The molecule has 5 nitrogen and oxygen atoms in total. The third-order valence-corrected chi connectivity index (χ3v) is 3.56. The van der Waals surface area contributed by atoms with E-state index in [0.29, 0.717) is 5.95 Å². The van der Waals surface area contributed by atoms with E-state index in [1.165, 1.54) is 5.56 Å². The molecule has 3 aromatic rings. The number of nitrogens with one attached hydrogen (secondary N) is 2. The number of aromatic nitrogens is 3. The van der Waals surface area contributed by atoms with Crippen LogP contribution in [0.3, 0.4) is 0 Å². The van der Waals surface area contributed by atoms with E-state index < -0.39 is 0 Å². The molecule has 102 valence electrons. The van der Waals surface area contributed by atoms with Crippen LogP contribution >= 0.6 is 11.8 Å². The van der Waals surface area contributed by atoms with Gasteiger partial charge < -0.3 is 9.73 Å². The largest absolute Gasteiger partial charge is 0.468 e. The summed E-state index contributed by atoms with van der Waals surface area (Å²) < 4.78 is 5.27. The zero-order valence-electron chi connectivity index (χ0n) is 11.0. The highest BCUT2D eigenvalue weighted by Gasteiger charge is 2.05. The molecule has 6 heteroatoms. The van der Waals surface area contributed by atoms with E-state index in [1.54, 1.807) is 18.0 Å².